The van der Waals surface area contributed by atoms with Gasteiger partial charge in [-0.3, -0.25) is 10.00 Å². The van der Waals surface area contributed by atoms with Gasteiger partial charge in [-0.15, -0.1) is 10.2 Å². The Balaban J connectivity index is 1.69. The molecule has 0 bridgehead atoms. The monoisotopic (exact) mass is 320 g/mol. The molecule has 1 N–H and O–H groups in total. The van der Waals surface area contributed by atoms with Gasteiger partial charge < -0.3 is 9.15 Å². The van der Waals surface area contributed by atoms with E-state index in [1.165, 1.54) is 0 Å². The van der Waals surface area contributed by atoms with Crippen LogP contribution in [0, 0.1) is 6.92 Å². The van der Waals surface area contributed by atoms with Crippen molar-refractivity contribution in [3.8, 4) is 0 Å². The minimum atomic E-state index is -0.204. The van der Waals surface area contributed by atoms with Gasteiger partial charge in [0.15, 0.2) is 5.82 Å². The number of rotatable bonds is 3. The van der Waals surface area contributed by atoms with Crippen LogP contribution >= 0.6 is 0 Å². The van der Waals surface area contributed by atoms with E-state index >= 15 is 0 Å². The molecule has 8 heteroatoms. The predicted molar refractivity (Wildman–Crippen MR) is 82.7 cm³/mol. The molecule has 1 aliphatic rings. The molecule has 0 aliphatic carbocycles. The van der Waals surface area contributed by atoms with Crippen LogP contribution in [0.5, 0.6) is 0 Å². The second kappa shape index (κ2) is 6.01. The number of ether oxygens (including phenoxy) is 1. The molecule has 8 nitrogen and oxygen atoms in total. The Morgan fingerprint density at radius 2 is 2.04 bits per heavy atom. The van der Waals surface area contributed by atoms with E-state index in [9.17, 15) is 0 Å². The Kier molecular flexibility index (Phi) is 4.20. The van der Waals surface area contributed by atoms with Gasteiger partial charge in [-0.2, -0.15) is 5.10 Å². The Labute approximate surface area is 135 Å². The average molecular weight is 320 g/mol. The van der Waals surface area contributed by atoms with Crippen LogP contribution in [0.2, 0.25) is 0 Å². The fourth-order valence-electron chi connectivity index (χ4n) is 2.66. The third-order valence-corrected chi connectivity index (χ3v) is 3.73. The van der Waals surface area contributed by atoms with E-state index < -0.39 is 0 Å². The third kappa shape index (κ3) is 3.76. The van der Waals surface area contributed by atoms with Crippen LogP contribution in [0.15, 0.2) is 4.42 Å². The molecule has 3 rings (SSSR count). The molecule has 0 amide bonds. The zero-order valence-electron chi connectivity index (χ0n) is 14.3. The van der Waals surface area contributed by atoms with Gasteiger partial charge in [0.2, 0.25) is 11.8 Å². The summed E-state index contributed by atoms with van der Waals surface area (Å²) in [6.07, 6.45) is -0.115. The highest BCUT2D eigenvalue weighted by molar-refractivity contribution is 5.02. The first-order valence-electron chi connectivity index (χ1n) is 7.91. The van der Waals surface area contributed by atoms with E-state index in [2.05, 4.69) is 51.0 Å². The first kappa shape index (κ1) is 16.1. The first-order valence-corrected chi connectivity index (χ1v) is 7.91. The van der Waals surface area contributed by atoms with Gasteiger partial charge in [0.05, 0.1) is 12.6 Å². The molecule has 2 aromatic heterocycles. The fourth-order valence-corrected chi connectivity index (χ4v) is 2.66. The number of aromatic nitrogens is 5. The van der Waals surface area contributed by atoms with Crippen LogP contribution in [0.1, 0.15) is 57.2 Å². The van der Waals surface area contributed by atoms with Gasteiger partial charge in [0.25, 0.3) is 0 Å². The van der Waals surface area contributed by atoms with Crippen molar-refractivity contribution in [2.24, 2.45) is 0 Å². The van der Waals surface area contributed by atoms with Crippen LogP contribution in [-0.2, 0) is 16.7 Å². The van der Waals surface area contributed by atoms with E-state index in [1.807, 2.05) is 6.92 Å². The Morgan fingerprint density at radius 3 is 2.65 bits per heavy atom. The number of hydrogen-bond acceptors (Lipinski definition) is 7. The zero-order chi connectivity index (χ0) is 16.6. The summed E-state index contributed by atoms with van der Waals surface area (Å²) in [7, 11) is 0. The second-order valence-corrected chi connectivity index (χ2v) is 7.14. The maximum absolute atomic E-state index is 5.93. The van der Waals surface area contributed by atoms with Crippen molar-refractivity contribution in [1.82, 2.24) is 30.3 Å². The summed E-state index contributed by atoms with van der Waals surface area (Å²) in [5, 5.41) is 15.3. The van der Waals surface area contributed by atoms with E-state index in [0.717, 1.165) is 18.2 Å². The molecule has 3 heterocycles. The molecule has 0 saturated carbocycles. The highest BCUT2D eigenvalue weighted by Gasteiger charge is 2.31. The lowest BCUT2D eigenvalue weighted by atomic mass is 9.96. The van der Waals surface area contributed by atoms with Gasteiger partial charge in [0.1, 0.15) is 11.9 Å². The maximum atomic E-state index is 5.93. The van der Waals surface area contributed by atoms with E-state index in [0.29, 0.717) is 24.9 Å². The smallest absolute Gasteiger partial charge is 0.246 e. The topological polar surface area (TPSA) is 93.0 Å². The summed E-state index contributed by atoms with van der Waals surface area (Å²) < 4.78 is 11.4. The molecule has 126 valence electrons. The van der Waals surface area contributed by atoms with Crippen molar-refractivity contribution < 1.29 is 9.15 Å². The molecule has 0 spiro atoms. The minimum absolute atomic E-state index is 0.0587. The summed E-state index contributed by atoms with van der Waals surface area (Å²) >= 11 is 0. The van der Waals surface area contributed by atoms with Crippen LogP contribution in [0.3, 0.4) is 0 Å². The predicted octanol–water partition coefficient (Wildman–Crippen LogP) is 1.76. The van der Waals surface area contributed by atoms with E-state index in [-0.39, 0.29) is 17.6 Å². The molecule has 2 aromatic rings. The number of nitrogens with one attached hydrogen (secondary N) is 1. The lowest BCUT2D eigenvalue weighted by Gasteiger charge is -2.34. The summed E-state index contributed by atoms with van der Waals surface area (Å²) in [6, 6.07) is 0. The molecule has 0 radical (unpaired) electrons. The SMILES string of the molecule is Cc1nnc([C@H]2CN(Cc3nc(C(C)(C)C)n[nH]3)C[C@@H](C)O2)o1. The number of nitrogens with zero attached hydrogens (tertiary/aromatic N) is 5. The Morgan fingerprint density at radius 1 is 1.26 bits per heavy atom. The van der Waals surface area contributed by atoms with Gasteiger partial charge >= 0.3 is 0 Å². The van der Waals surface area contributed by atoms with Crippen LogP contribution in [0.4, 0.5) is 0 Å². The molecule has 2 atom stereocenters. The zero-order valence-corrected chi connectivity index (χ0v) is 14.3. The van der Waals surface area contributed by atoms with Crippen molar-refractivity contribution in [3.05, 3.63) is 23.4 Å². The van der Waals surface area contributed by atoms with Gasteiger partial charge in [-0.05, 0) is 6.92 Å². The quantitative estimate of drug-likeness (QED) is 0.921. The van der Waals surface area contributed by atoms with Crippen molar-refractivity contribution in [1.29, 1.82) is 0 Å². The summed E-state index contributed by atoms with van der Waals surface area (Å²) in [5.41, 5.74) is -0.0587. The standard InChI is InChI=1S/C15H24N6O2/c1-9-6-21(7-11(22-9)13-19-17-10(2)23-13)8-12-16-14(20-18-12)15(3,4)5/h9,11H,6-8H2,1-5H3,(H,16,18,20)/t9-,11-/m1/s1. The molecule has 0 unspecified atom stereocenters. The summed E-state index contributed by atoms with van der Waals surface area (Å²) in [6.45, 7) is 12.3. The Hall–Kier alpha value is -1.80. The maximum Gasteiger partial charge on any atom is 0.246 e. The first-order chi connectivity index (χ1) is 10.8. The minimum Gasteiger partial charge on any atom is -0.423 e. The van der Waals surface area contributed by atoms with E-state index in [4.69, 9.17) is 9.15 Å². The van der Waals surface area contributed by atoms with Crippen molar-refractivity contribution in [3.63, 3.8) is 0 Å². The van der Waals surface area contributed by atoms with Crippen LogP contribution in [0.25, 0.3) is 0 Å². The van der Waals surface area contributed by atoms with Crippen molar-refractivity contribution >= 4 is 0 Å². The number of H-pyrrole nitrogens is 1. The third-order valence-electron chi connectivity index (χ3n) is 3.73. The molecular weight excluding hydrogens is 296 g/mol. The molecular formula is C15H24N6O2. The van der Waals surface area contributed by atoms with Gasteiger partial charge in [-0.25, -0.2) is 4.98 Å². The number of morpholine rings is 1. The van der Waals surface area contributed by atoms with Gasteiger partial charge in [-0.1, -0.05) is 20.8 Å². The highest BCUT2D eigenvalue weighted by Crippen LogP contribution is 2.25. The largest absolute Gasteiger partial charge is 0.423 e. The molecule has 1 fully saturated rings. The lowest BCUT2D eigenvalue weighted by molar-refractivity contribution is -0.0922. The number of hydrogen-bond donors (Lipinski definition) is 1. The summed E-state index contributed by atoms with van der Waals surface area (Å²) in [5.74, 6) is 2.78. The fraction of sp³-hybridized carbons (Fsp3) is 0.733. The number of aromatic amines is 1. The van der Waals surface area contributed by atoms with Crippen LogP contribution in [-0.4, -0.2) is 49.5 Å². The molecule has 0 aromatic carbocycles. The number of aryl methyl sites for hydroxylation is 1. The van der Waals surface area contributed by atoms with Crippen molar-refractivity contribution in [2.75, 3.05) is 13.1 Å². The molecule has 1 saturated heterocycles. The van der Waals surface area contributed by atoms with Crippen molar-refractivity contribution in [2.45, 2.75) is 58.8 Å². The van der Waals surface area contributed by atoms with Crippen LogP contribution < -0.4 is 0 Å². The second-order valence-electron chi connectivity index (χ2n) is 7.14. The Bertz CT molecular complexity index is 659. The van der Waals surface area contributed by atoms with E-state index in [1.54, 1.807) is 6.92 Å². The summed E-state index contributed by atoms with van der Waals surface area (Å²) in [4.78, 5) is 6.87. The average Bonchev–Trinajstić information content (AvgIpc) is 3.06. The molecule has 23 heavy (non-hydrogen) atoms. The van der Waals surface area contributed by atoms with Gasteiger partial charge in [0, 0.05) is 25.4 Å². The highest BCUT2D eigenvalue weighted by atomic mass is 16.5. The lowest BCUT2D eigenvalue weighted by Crippen LogP contribution is -2.42. The molecule has 1 aliphatic heterocycles. The normalized spacial score (nSPS) is 23.3.